The maximum Gasteiger partial charge on any atom is 0.237 e. The number of carbonyl (C=O) groups excluding carboxylic acids is 1. The fourth-order valence-corrected chi connectivity index (χ4v) is 5.06. The first-order valence-electron chi connectivity index (χ1n) is 11.5. The molecule has 3 aromatic carbocycles. The molecule has 1 fully saturated rings. The van der Waals surface area contributed by atoms with E-state index in [0.717, 1.165) is 36.3 Å². The van der Waals surface area contributed by atoms with Crippen LogP contribution < -0.4 is 0 Å². The van der Waals surface area contributed by atoms with Crippen molar-refractivity contribution in [1.82, 2.24) is 9.80 Å². The molecule has 1 aliphatic heterocycles. The van der Waals surface area contributed by atoms with E-state index < -0.39 is 5.41 Å². The highest BCUT2D eigenvalue weighted by atomic mass is 35.5. The van der Waals surface area contributed by atoms with Crippen LogP contribution in [0.1, 0.15) is 42.5 Å². The van der Waals surface area contributed by atoms with E-state index in [0.29, 0.717) is 10.0 Å². The van der Waals surface area contributed by atoms with Crippen molar-refractivity contribution < 1.29 is 4.79 Å². The van der Waals surface area contributed by atoms with Crippen molar-refractivity contribution in [3.05, 3.63) is 106 Å². The minimum absolute atomic E-state index is 0.0418. The minimum Gasteiger partial charge on any atom is -0.336 e. The van der Waals surface area contributed by atoms with Gasteiger partial charge in [-0.05, 0) is 73.8 Å². The lowest BCUT2D eigenvalue weighted by molar-refractivity contribution is -0.136. The van der Waals surface area contributed by atoms with Crippen molar-refractivity contribution in [2.75, 3.05) is 26.7 Å². The highest BCUT2D eigenvalue weighted by Gasteiger charge is 2.41. The van der Waals surface area contributed by atoms with Crippen LogP contribution >= 0.6 is 23.2 Å². The molecule has 1 amide bonds. The Morgan fingerprint density at radius 3 is 1.85 bits per heavy atom. The maximum absolute atomic E-state index is 14.4. The lowest BCUT2D eigenvalue weighted by Crippen LogP contribution is -2.48. The van der Waals surface area contributed by atoms with Crippen LogP contribution in [-0.2, 0) is 10.2 Å². The number of halogens is 2. The second-order valence-corrected chi connectivity index (χ2v) is 9.86. The van der Waals surface area contributed by atoms with Crippen molar-refractivity contribution in [1.29, 1.82) is 0 Å². The van der Waals surface area contributed by atoms with E-state index in [2.05, 4.69) is 17.0 Å². The molecule has 1 atom stereocenters. The minimum atomic E-state index is -0.887. The number of benzene rings is 3. The molecule has 4 rings (SSSR count). The quantitative estimate of drug-likeness (QED) is 0.380. The molecule has 1 aliphatic rings. The van der Waals surface area contributed by atoms with E-state index in [1.54, 1.807) is 0 Å². The smallest absolute Gasteiger partial charge is 0.237 e. The molecule has 1 saturated heterocycles. The molecule has 0 radical (unpaired) electrons. The molecule has 0 bridgehead atoms. The van der Waals surface area contributed by atoms with Crippen LogP contribution in [0, 0.1) is 0 Å². The van der Waals surface area contributed by atoms with Gasteiger partial charge in [-0.25, -0.2) is 0 Å². The number of rotatable bonds is 7. The number of likely N-dealkylation sites (N-methyl/N-ethyl adjacent to an activating group) is 1. The summed E-state index contributed by atoms with van der Waals surface area (Å²) >= 11 is 12.4. The van der Waals surface area contributed by atoms with Crippen LogP contribution in [-0.4, -0.2) is 42.4 Å². The van der Waals surface area contributed by atoms with Crippen molar-refractivity contribution >= 4 is 29.1 Å². The molecule has 0 aliphatic carbocycles. The predicted molar refractivity (Wildman–Crippen MR) is 137 cm³/mol. The van der Waals surface area contributed by atoms with Gasteiger partial charge in [0.05, 0.1) is 11.5 Å². The second kappa shape index (κ2) is 10.3. The number of carbonyl (C=O) groups is 1. The Bertz CT molecular complexity index is 1020. The van der Waals surface area contributed by atoms with Gasteiger partial charge in [0.25, 0.3) is 0 Å². The van der Waals surface area contributed by atoms with Gasteiger partial charge in [0.15, 0.2) is 0 Å². The highest BCUT2D eigenvalue weighted by Crippen LogP contribution is 2.37. The molecule has 172 valence electrons. The molecule has 3 aromatic rings. The van der Waals surface area contributed by atoms with Gasteiger partial charge in [0, 0.05) is 23.6 Å². The summed E-state index contributed by atoms with van der Waals surface area (Å²) in [5.74, 6) is 0.0418. The maximum atomic E-state index is 14.4. The molecular weight excluding hydrogens is 451 g/mol. The van der Waals surface area contributed by atoms with E-state index in [-0.39, 0.29) is 11.9 Å². The van der Waals surface area contributed by atoms with Crippen molar-refractivity contribution in [3.8, 4) is 0 Å². The zero-order valence-corrected chi connectivity index (χ0v) is 20.7. The molecule has 0 spiro atoms. The van der Waals surface area contributed by atoms with Crippen LogP contribution in [0.5, 0.6) is 0 Å². The van der Waals surface area contributed by atoms with Gasteiger partial charge in [-0.15, -0.1) is 0 Å². The molecule has 3 nitrogen and oxygen atoms in total. The van der Waals surface area contributed by atoms with Crippen molar-refractivity contribution in [2.45, 2.75) is 31.2 Å². The first kappa shape index (κ1) is 23.8. The van der Waals surface area contributed by atoms with E-state index in [1.807, 2.05) is 85.6 Å². The molecular formula is C28H30Cl2N2O. The number of likely N-dealkylation sites (tertiary alicyclic amines) is 1. The third kappa shape index (κ3) is 5.11. The van der Waals surface area contributed by atoms with Gasteiger partial charge in [-0.2, -0.15) is 0 Å². The van der Waals surface area contributed by atoms with Crippen molar-refractivity contribution in [2.24, 2.45) is 0 Å². The van der Waals surface area contributed by atoms with Gasteiger partial charge in [-0.3, -0.25) is 4.79 Å². The lowest BCUT2D eigenvalue weighted by Gasteiger charge is -2.39. The van der Waals surface area contributed by atoms with E-state index in [4.69, 9.17) is 23.2 Å². The second-order valence-electron chi connectivity index (χ2n) is 8.99. The molecule has 0 N–H and O–H groups in total. The third-order valence-corrected chi connectivity index (χ3v) is 7.38. The summed E-state index contributed by atoms with van der Waals surface area (Å²) in [6.07, 6.45) is 2.43. The lowest BCUT2D eigenvalue weighted by atomic mass is 9.74. The molecule has 5 heteroatoms. The van der Waals surface area contributed by atoms with Crippen LogP contribution in [0.4, 0.5) is 0 Å². The summed E-state index contributed by atoms with van der Waals surface area (Å²) in [5, 5.41) is 1.29. The number of nitrogens with zero attached hydrogens (tertiary/aromatic N) is 2. The number of hydrogen-bond donors (Lipinski definition) is 0. The molecule has 33 heavy (non-hydrogen) atoms. The van der Waals surface area contributed by atoms with Gasteiger partial charge in [0.1, 0.15) is 0 Å². The summed E-state index contributed by atoms with van der Waals surface area (Å²) in [6, 6.07) is 25.5. The summed E-state index contributed by atoms with van der Waals surface area (Å²) in [4.78, 5) is 18.8. The normalized spacial score (nSPS) is 15.4. The van der Waals surface area contributed by atoms with Crippen LogP contribution in [0.2, 0.25) is 10.0 Å². The largest absolute Gasteiger partial charge is 0.336 e. The van der Waals surface area contributed by atoms with E-state index >= 15 is 0 Å². The van der Waals surface area contributed by atoms with E-state index in [9.17, 15) is 4.79 Å². The molecule has 0 saturated carbocycles. The highest BCUT2D eigenvalue weighted by molar-refractivity contribution is 6.30. The standard InChI is InChI=1S/C28H30Cl2N2O/c1-28(22-10-14-24(29)15-11-22,23-12-16-25(30)17-13-23)27(33)31(2)26(20-32-18-6-7-19-32)21-8-4-3-5-9-21/h3-5,8-17,26H,6-7,18-20H2,1-2H3/t26-/m1/s1. The Hall–Kier alpha value is -2.33. The Kier molecular flexibility index (Phi) is 7.43. The molecule has 0 aromatic heterocycles. The van der Waals surface area contributed by atoms with Crippen LogP contribution in [0.3, 0.4) is 0 Å². The summed E-state index contributed by atoms with van der Waals surface area (Å²) in [6.45, 7) is 4.98. The Balaban J connectivity index is 1.75. The van der Waals surface area contributed by atoms with Gasteiger partial charge >= 0.3 is 0 Å². The SMILES string of the molecule is CN(C(=O)C(C)(c1ccc(Cl)cc1)c1ccc(Cl)cc1)[C@H](CN1CCCC1)c1ccccc1. The molecule has 1 heterocycles. The fourth-order valence-electron chi connectivity index (χ4n) is 4.81. The molecule has 0 unspecified atom stereocenters. The van der Waals surface area contributed by atoms with E-state index in [1.165, 1.54) is 12.8 Å². The zero-order valence-electron chi connectivity index (χ0n) is 19.2. The van der Waals surface area contributed by atoms with Crippen LogP contribution in [0.25, 0.3) is 0 Å². The number of hydrogen-bond acceptors (Lipinski definition) is 2. The van der Waals surface area contributed by atoms with Crippen molar-refractivity contribution in [3.63, 3.8) is 0 Å². The monoisotopic (exact) mass is 480 g/mol. The average Bonchev–Trinajstić information content (AvgIpc) is 3.36. The Labute approximate surface area is 206 Å². The zero-order chi connectivity index (χ0) is 23.4. The van der Waals surface area contributed by atoms with Gasteiger partial charge < -0.3 is 9.80 Å². The predicted octanol–water partition coefficient (Wildman–Crippen LogP) is 6.59. The summed E-state index contributed by atoms with van der Waals surface area (Å²) in [5.41, 5.74) is 2.06. The fraction of sp³-hybridized carbons (Fsp3) is 0.321. The Morgan fingerprint density at radius 1 is 0.879 bits per heavy atom. The third-order valence-electron chi connectivity index (χ3n) is 6.87. The van der Waals surface area contributed by atoms with Crippen LogP contribution in [0.15, 0.2) is 78.9 Å². The summed E-state index contributed by atoms with van der Waals surface area (Å²) < 4.78 is 0. The first-order valence-corrected chi connectivity index (χ1v) is 12.2. The van der Waals surface area contributed by atoms with Gasteiger partial charge in [-0.1, -0.05) is 77.8 Å². The summed E-state index contributed by atoms with van der Waals surface area (Å²) in [7, 11) is 1.93. The first-order chi connectivity index (χ1) is 15.9. The Morgan fingerprint density at radius 2 is 1.36 bits per heavy atom. The van der Waals surface area contributed by atoms with Gasteiger partial charge in [0.2, 0.25) is 5.91 Å². The average molecular weight is 481 g/mol. The topological polar surface area (TPSA) is 23.6 Å². The number of amides is 1.